The molecule has 0 N–H and O–H groups in total. The normalized spacial score (nSPS) is 12.9. The molecule has 3 nitrogen and oxygen atoms in total. The minimum atomic E-state index is -0.623. The minimum Gasteiger partial charge on any atom is -0.438 e. The maximum absolute atomic E-state index is 10.7. The number of methoxy groups -OCH3 is 1. The molecule has 0 heterocycles. The van der Waals surface area contributed by atoms with Crippen LogP contribution in [0.25, 0.3) is 0 Å². The molecule has 0 aromatic rings. The molecule has 0 bridgehead atoms. The van der Waals surface area contributed by atoms with Gasteiger partial charge >= 0.3 is 6.16 Å². The van der Waals surface area contributed by atoms with Gasteiger partial charge in [-0.1, -0.05) is 19.9 Å². The molecule has 70 valence electrons. The van der Waals surface area contributed by atoms with Crippen LogP contribution in [0.4, 0.5) is 4.79 Å². The third-order valence-electron chi connectivity index (χ3n) is 1.40. The molecule has 1 unspecified atom stereocenters. The fourth-order valence-electron chi connectivity index (χ4n) is 0.718. The summed E-state index contributed by atoms with van der Waals surface area (Å²) in [6, 6.07) is 0. The van der Waals surface area contributed by atoms with Gasteiger partial charge in [-0.2, -0.15) is 0 Å². The number of rotatable bonds is 4. The second kappa shape index (κ2) is 6.70. The van der Waals surface area contributed by atoms with Gasteiger partial charge in [-0.3, -0.25) is 0 Å². The fraction of sp³-hybridized carbons (Fsp3) is 0.667. The molecule has 0 aliphatic carbocycles. The molecule has 3 heteroatoms. The quantitative estimate of drug-likeness (QED) is 0.483. The van der Waals surface area contributed by atoms with Crippen molar-refractivity contribution < 1.29 is 14.3 Å². The molecule has 0 saturated heterocycles. The van der Waals surface area contributed by atoms with Crippen molar-refractivity contribution in [1.29, 1.82) is 0 Å². The van der Waals surface area contributed by atoms with Gasteiger partial charge in [0.15, 0.2) is 0 Å². The first kappa shape index (κ1) is 11.0. The number of hydrogen-bond acceptors (Lipinski definition) is 3. The lowest BCUT2D eigenvalue weighted by molar-refractivity contribution is 0.0514. The molecular formula is C9H16O3. The van der Waals surface area contributed by atoms with Crippen LogP contribution in [0.2, 0.25) is 0 Å². The SMILES string of the molecule is CCC=CC(CC)OC(=O)OC. The van der Waals surface area contributed by atoms with Crippen LogP contribution in [-0.4, -0.2) is 19.4 Å². The van der Waals surface area contributed by atoms with E-state index in [4.69, 9.17) is 4.74 Å². The highest BCUT2D eigenvalue weighted by Gasteiger charge is 2.07. The Morgan fingerprint density at radius 1 is 1.50 bits per heavy atom. The van der Waals surface area contributed by atoms with Crippen LogP contribution < -0.4 is 0 Å². The lowest BCUT2D eigenvalue weighted by Gasteiger charge is -2.09. The van der Waals surface area contributed by atoms with E-state index < -0.39 is 6.16 Å². The number of hydrogen-bond donors (Lipinski definition) is 0. The first-order valence-electron chi connectivity index (χ1n) is 4.15. The summed E-state index contributed by atoms with van der Waals surface area (Å²) in [5, 5.41) is 0. The molecule has 0 aliphatic rings. The molecular weight excluding hydrogens is 156 g/mol. The van der Waals surface area contributed by atoms with Gasteiger partial charge in [0, 0.05) is 0 Å². The molecule has 0 radical (unpaired) electrons. The van der Waals surface area contributed by atoms with Crippen molar-refractivity contribution >= 4 is 6.16 Å². The van der Waals surface area contributed by atoms with Crippen molar-refractivity contribution in [3.63, 3.8) is 0 Å². The van der Waals surface area contributed by atoms with E-state index in [1.165, 1.54) is 7.11 Å². The third kappa shape index (κ3) is 4.77. The zero-order chi connectivity index (χ0) is 9.40. The number of carbonyl (C=O) groups is 1. The first-order chi connectivity index (χ1) is 5.74. The van der Waals surface area contributed by atoms with E-state index >= 15 is 0 Å². The Morgan fingerprint density at radius 2 is 2.17 bits per heavy atom. The summed E-state index contributed by atoms with van der Waals surface area (Å²) >= 11 is 0. The van der Waals surface area contributed by atoms with Gasteiger partial charge in [-0.25, -0.2) is 4.79 Å². The second-order valence-corrected chi connectivity index (χ2v) is 2.36. The van der Waals surface area contributed by atoms with E-state index in [-0.39, 0.29) is 6.10 Å². The molecule has 0 rings (SSSR count). The van der Waals surface area contributed by atoms with Gasteiger partial charge in [-0.15, -0.1) is 0 Å². The summed E-state index contributed by atoms with van der Waals surface area (Å²) in [4.78, 5) is 10.7. The average molecular weight is 172 g/mol. The Bertz CT molecular complexity index is 152. The van der Waals surface area contributed by atoms with Crippen LogP contribution >= 0.6 is 0 Å². The van der Waals surface area contributed by atoms with E-state index in [9.17, 15) is 4.79 Å². The molecule has 0 fully saturated rings. The Balaban J connectivity index is 3.82. The Morgan fingerprint density at radius 3 is 2.58 bits per heavy atom. The van der Waals surface area contributed by atoms with Crippen LogP contribution in [0.5, 0.6) is 0 Å². The Kier molecular flexibility index (Phi) is 6.15. The van der Waals surface area contributed by atoms with E-state index in [1.54, 1.807) is 0 Å². The standard InChI is InChI=1S/C9H16O3/c1-4-6-7-8(5-2)12-9(10)11-3/h6-8H,4-5H2,1-3H3. The maximum atomic E-state index is 10.7. The summed E-state index contributed by atoms with van der Waals surface area (Å²) in [7, 11) is 1.30. The van der Waals surface area contributed by atoms with Crippen molar-refractivity contribution in [3.8, 4) is 0 Å². The molecule has 0 amide bonds. The van der Waals surface area contributed by atoms with E-state index in [0.29, 0.717) is 0 Å². The summed E-state index contributed by atoms with van der Waals surface area (Å²) in [6.07, 6.45) is 4.78. The lowest BCUT2D eigenvalue weighted by Crippen LogP contribution is -2.14. The van der Waals surface area contributed by atoms with E-state index in [1.807, 2.05) is 26.0 Å². The van der Waals surface area contributed by atoms with Gasteiger partial charge in [0.25, 0.3) is 0 Å². The summed E-state index contributed by atoms with van der Waals surface area (Å²) in [6.45, 7) is 3.98. The van der Waals surface area contributed by atoms with Crippen LogP contribution in [0, 0.1) is 0 Å². The van der Waals surface area contributed by atoms with Crippen LogP contribution in [0.15, 0.2) is 12.2 Å². The smallest absolute Gasteiger partial charge is 0.438 e. The second-order valence-electron chi connectivity index (χ2n) is 2.36. The van der Waals surface area contributed by atoms with Gasteiger partial charge in [0.05, 0.1) is 7.11 Å². The lowest BCUT2D eigenvalue weighted by atomic mass is 10.2. The van der Waals surface area contributed by atoms with Crippen molar-refractivity contribution in [3.05, 3.63) is 12.2 Å². The monoisotopic (exact) mass is 172 g/mol. The van der Waals surface area contributed by atoms with Crippen molar-refractivity contribution in [2.24, 2.45) is 0 Å². The van der Waals surface area contributed by atoms with Gasteiger partial charge in [0.1, 0.15) is 6.10 Å². The van der Waals surface area contributed by atoms with E-state index in [2.05, 4.69) is 4.74 Å². The predicted octanol–water partition coefficient (Wildman–Crippen LogP) is 2.51. The Hall–Kier alpha value is -0.990. The summed E-state index contributed by atoms with van der Waals surface area (Å²) < 4.78 is 9.27. The highest BCUT2D eigenvalue weighted by molar-refractivity contribution is 5.60. The molecule has 0 spiro atoms. The molecule has 12 heavy (non-hydrogen) atoms. The molecule has 0 aromatic heterocycles. The van der Waals surface area contributed by atoms with Crippen molar-refractivity contribution in [2.75, 3.05) is 7.11 Å². The molecule has 0 aliphatic heterocycles. The van der Waals surface area contributed by atoms with Crippen LogP contribution in [0.3, 0.4) is 0 Å². The fourth-order valence-corrected chi connectivity index (χ4v) is 0.718. The summed E-state index contributed by atoms with van der Waals surface area (Å²) in [5.74, 6) is 0. The van der Waals surface area contributed by atoms with Crippen molar-refractivity contribution in [1.82, 2.24) is 0 Å². The summed E-state index contributed by atoms with van der Waals surface area (Å²) in [5.41, 5.74) is 0. The van der Waals surface area contributed by atoms with Gasteiger partial charge < -0.3 is 9.47 Å². The van der Waals surface area contributed by atoms with Gasteiger partial charge in [0.2, 0.25) is 0 Å². The number of allylic oxidation sites excluding steroid dienone is 1. The highest BCUT2D eigenvalue weighted by Crippen LogP contribution is 2.02. The topological polar surface area (TPSA) is 35.5 Å². The first-order valence-corrected chi connectivity index (χ1v) is 4.15. The van der Waals surface area contributed by atoms with Crippen LogP contribution in [0.1, 0.15) is 26.7 Å². The highest BCUT2D eigenvalue weighted by atomic mass is 16.7. The maximum Gasteiger partial charge on any atom is 0.508 e. The average Bonchev–Trinajstić information content (AvgIpc) is 2.11. The minimum absolute atomic E-state index is 0.155. The molecule has 1 atom stereocenters. The largest absolute Gasteiger partial charge is 0.508 e. The predicted molar refractivity (Wildman–Crippen MR) is 47.0 cm³/mol. The number of carbonyl (C=O) groups excluding carboxylic acids is 1. The number of ether oxygens (including phenoxy) is 2. The zero-order valence-corrected chi connectivity index (χ0v) is 7.87. The van der Waals surface area contributed by atoms with Gasteiger partial charge in [-0.05, 0) is 18.9 Å². The zero-order valence-electron chi connectivity index (χ0n) is 7.87. The molecule has 0 saturated carbocycles. The van der Waals surface area contributed by atoms with Crippen LogP contribution in [-0.2, 0) is 9.47 Å². The third-order valence-corrected chi connectivity index (χ3v) is 1.40. The molecule has 0 aromatic carbocycles. The van der Waals surface area contributed by atoms with Crippen molar-refractivity contribution in [2.45, 2.75) is 32.8 Å². The van der Waals surface area contributed by atoms with E-state index in [0.717, 1.165) is 12.8 Å². The Labute approximate surface area is 73.4 Å².